The molecule has 4 N–H and O–H groups in total. The molecule has 0 fully saturated rings. The minimum Gasteiger partial charge on any atom is -0.395 e. The van der Waals surface area contributed by atoms with E-state index in [4.69, 9.17) is 10.8 Å². The van der Waals surface area contributed by atoms with E-state index in [1.807, 2.05) is 13.8 Å². The van der Waals surface area contributed by atoms with Crippen LogP contribution in [0.1, 0.15) is 20.3 Å². The van der Waals surface area contributed by atoms with Gasteiger partial charge in [0.2, 0.25) is 0 Å². The number of anilines is 2. The quantitative estimate of drug-likeness (QED) is 0.627. The van der Waals surface area contributed by atoms with Crippen LogP contribution in [0.15, 0.2) is 9.59 Å². The van der Waals surface area contributed by atoms with E-state index in [0.29, 0.717) is 19.6 Å². The van der Waals surface area contributed by atoms with Crippen molar-refractivity contribution in [1.29, 1.82) is 0 Å². The van der Waals surface area contributed by atoms with Gasteiger partial charge in [-0.2, -0.15) is 0 Å². The predicted octanol–water partition coefficient (Wildman–Crippen LogP) is -0.653. The molecule has 0 radical (unpaired) electrons. The Labute approximate surface area is 105 Å². The van der Waals surface area contributed by atoms with Crippen LogP contribution in [0.25, 0.3) is 0 Å². The number of H-pyrrole nitrogens is 1. The minimum atomic E-state index is -0.514. The lowest BCUT2D eigenvalue weighted by Crippen LogP contribution is -2.39. The Kier molecular flexibility index (Phi) is 4.96. The van der Waals surface area contributed by atoms with E-state index in [9.17, 15) is 9.59 Å². The van der Waals surface area contributed by atoms with Crippen molar-refractivity contribution in [2.45, 2.75) is 26.8 Å². The first-order valence-electron chi connectivity index (χ1n) is 6.05. The van der Waals surface area contributed by atoms with Crippen molar-refractivity contribution >= 4 is 11.5 Å². The average molecular weight is 256 g/mol. The summed E-state index contributed by atoms with van der Waals surface area (Å²) < 4.78 is 1.34. The summed E-state index contributed by atoms with van der Waals surface area (Å²) in [5.74, 6) is 0.154. The highest BCUT2D eigenvalue weighted by Gasteiger charge is 2.16. The molecule has 7 nitrogen and oxygen atoms in total. The number of nitrogens with zero attached hydrogens (tertiary/aromatic N) is 2. The molecule has 0 aliphatic heterocycles. The van der Waals surface area contributed by atoms with Crippen molar-refractivity contribution in [2.24, 2.45) is 0 Å². The van der Waals surface area contributed by atoms with Gasteiger partial charge in [-0.3, -0.25) is 14.3 Å². The standard InChI is InChI=1S/C11H20N4O3/c1-3-5-15-9(12)8(10(17)13-11(15)18)14(4-2)6-7-16/h16H,3-7,12H2,1-2H3,(H,13,17,18). The Morgan fingerprint density at radius 3 is 2.56 bits per heavy atom. The van der Waals surface area contributed by atoms with Crippen molar-refractivity contribution in [3.8, 4) is 0 Å². The first kappa shape index (κ1) is 14.3. The Morgan fingerprint density at radius 1 is 1.39 bits per heavy atom. The van der Waals surface area contributed by atoms with Crippen LogP contribution in [0.2, 0.25) is 0 Å². The zero-order chi connectivity index (χ0) is 13.7. The highest BCUT2D eigenvalue weighted by atomic mass is 16.3. The van der Waals surface area contributed by atoms with E-state index in [2.05, 4.69) is 4.98 Å². The largest absolute Gasteiger partial charge is 0.395 e. The highest BCUT2D eigenvalue weighted by molar-refractivity contribution is 5.62. The maximum atomic E-state index is 11.8. The molecule has 0 aliphatic rings. The second-order valence-electron chi connectivity index (χ2n) is 3.95. The molecule has 1 aromatic heterocycles. The maximum absolute atomic E-state index is 11.8. The fourth-order valence-electron chi connectivity index (χ4n) is 1.88. The van der Waals surface area contributed by atoms with Crippen molar-refractivity contribution in [3.05, 3.63) is 20.8 Å². The van der Waals surface area contributed by atoms with Gasteiger partial charge in [0.15, 0.2) is 0 Å². The van der Waals surface area contributed by atoms with E-state index >= 15 is 0 Å². The minimum absolute atomic E-state index is 0.0837. The highest BCUT2D eigenvalue weighted by Crippen LogP contribution is 2.15. The van der Waals surface area contributed by atoms with Crippen LogP contribution in [0.4, 0.5) is 11.5 Å². The van der Waals surface area contributed by atoms with Gasteiger partial charge in [-0.25, -0.2) is 4.79 Å². The third-order valence-corrected chi connectivity index (χ3v) is 2.73. The third kappa shape index (κ3) is 2.73. The fourth-order valence-corrected chi connectivity index (χ4v) is 1.88. The smallest absolute Gasteiger partial charge is 0.330 e. The molecule has 1 aromatic rings. The number of hydrogen-bond donors (Lipinski definition) is 3. The molecule has 1 heterocycles. The van der Waals surface area contributed by atoms with Crippen LogP contribution in [-0.4, -0.2) is 34.4 Å². The van der Waals surface area contributed by atoms with Crippen LogP contribution in [0.3, 0.4) is 0 Å². The number of nitrogen functional groups attached to an aromatic ring is 1. The van der Waals surface area contributed by atoms with Gasteiger partial charge < -0.3 is 15.7 Å². The second-order valence-corrected chi connectivity index (χ2v) is 3.95. The first-order valence-corrected chi connectivity index (χ1v) is 6.05. The Balaban J connectivity index is 3.38. The van der Waals surface area contributed by atoms with Crippen LogP contribution in [-0.2, 0) is 6.54 Å². The summed E-state index contributed by atoms with van der Waals surface area (Å²) in [7, 11) is 0. The number of aromatic amines is 1. The zero-order valence-electron chi connectivity index (χ0n) is 10.8. The summed E-state index contributed by atoms with van der Waals surface area (Å²) in [6, 6.07) is 0. The number of aliphatic hydroxyl groups excluding tert-OH is 1. The van der Waals surface area contributed by atoms with E-state index in [-0.39, 0.29) is 18.1 Å². The van der Waals surface area contributed by atoms with Gasteiger partial charge in [-0.05, 0) is 13.3 Å². The number of aromatic nitrogens is 2. The summed E-state index contributed by atoms with van der Waals surface area (Å²) in [5.41, 5.74) is 5.14. The molecule has 102 valence electrons. The van der Waals surface area contributed by atoms with Crippen molar-refractivity contribution < 1.29 is 5.11 Å². The summed E-state index contributed by atoms with van der Waals surface area (Å²) in [6.07, 6.45) is 0.738. The summed E-state index contributed by atoms with van der Waals surface area (Å²) in [6.45, 7) is 4.96. The molecule has 1 rings (SSSR count). The molecule has 0 atom stereocenters. The topological polar surface area (TPSA) is 104 Å². The molecule has 0 saturated carbocycles. The van der Waals surface area contributed by atoms with Gasteiger partial charge >= 0.3 is 5.69 Å². The molecule has 0 aromatic carbocycles. The molecule has 0 aliphatic carbocycles. The van der Waals surface area contributed by atoms with Crippen molar-refractivity contribution in [3.63, 3.8) is 0 Å². The van der Waals surface area contributed by atoms with Gasteiger partial charge in [0.25, 0.3) is 5.56 Å². The number of nitrogens with one attached hydrogen (secondary N) is 1. The van der Waals surface area contributed by atoms with E-state index < -0.39 is 11.2 Å². The lowest BCUT2D eigenvalue weighted by Gasteiger charge is -2.23. The molecule has 0 amide bonds. The number of nitrogens with two attached hydrogens (primary N) is 1. The third-order valence-electron chi connectivity index (χ3n) is 2.73. The predicted molar refractivity (Wildman–Crippen MR) is 71.0 cm³/mol. The summed E-state index contributed by atoms with van der Waals surface area (Å²) in [4.78, 5) is 27.4. The average Bonchev–Trinajstić information content (AvgIpc) is 2.33. The van der Waals surface area contributed by atoms with Crippen LogP contribution < -0.4 is 21.9 Å². The lowest BCUT2D eigenvalue weighted by molar-refractivity contribution is 0.302. The van der Waals surface area contributed by atoms with Crippen LogP contribution in [0.5, 0.6) is 0 Å². The van der Waals surface area contributed by atoms with E-state index in [1.165, 1.54) is 4.57 Å². The summed E-state index contributed by atoms with van der Waals surface area (Å²) >= 11 is 0. The molecular formula is C11H20N4O3. The first-order chi connectivity index (χ1) is 8.56. The number of hydrogen-bond acceptors (Lipinski definition) is 5. The molecular weight excluding hydrogens is 236 g/mol. The van der Waals surface area contributed by atoms with Gasteiger partial charge in [0.1, 0.15) is 11.5 Å². The maximum Gasteiger partial charge on any atom is 0.330 e. The van der Waals surface area contributed by atoms with Gasteiger partial charge in [0.05, 0.1) is 6.61 Å². The monoisotopic (exact) mass is 256 g/mol. The molecule has 0 saturated heterocycles. The molecule has 0 spiro atoms. The normalized spacial score (nSPS) is 10.6. The SMILES string of the molecule is CCCn1c(N)c(N(CC)CCO)c(=O)[nH]c1=O. The summed E-state index contributed by atoms with van der Waals surface area (Å²) in [5, 5.41) is 8.97. The fraction of sp³-hybridized carbons (Fsp3) is 0.636. The number of aliphatic hydroxyl groups is 1. The van der Waals surface area contributed by atoms with Crippen LogP contribution in [0, 0.1) is 0 Å². The second kappa shape index (κ2) is 6.25. The molecule has 7 heteroatoms. The molecule has 0 unspecified atom stereocenters. The van der Waals surface area contributed by atoms with Gasteiger partial charge in [0, 0.05) is 19.6 Å². The zero-order valence-corrected chi connectivity index (χ0v) is 10.8. The number of likely N-dealkylation sites (N-methyl/N-ethyl adjacent to an activating group) is 1. The van der Waals surface area contributed by atoms with Gasteiger partial charge in [-0.1, -0.05) is 6.92 Å². The number of rotatable bonds is 6. The van der Waals surface area contributed by atoms with Crippen LogP contribution >= 0.6 is 0 Å². The van der Waals surface area contributed by atoms with Gasteiger partial charge in [-0.15, -0.1) is 0 Å². The van der Waals surface area contributed by atoms with E-state index in [0.717, 1.165) is 6.42 Å². The molecule has 18 heavy (non-hydrogen) atoms. The Morgan fingerprint density at radius 2 is 2.06 bits per heavy atom. The lowest BCUT2D eigenvalue weighted by atomic mass is 10.3. The van der Waals surface area contributed by atoms with E-state index in [1.54, 1.807) is 4.90 Å². The van der Waals surface area contributed by atoms with Crippen molar-refractivity contribution in [2.75, 3.05) is 30.3 Å². The van der Waals surface area contributed by atoms with Crippen molar-refractivity contribution in [1.82, 2.24) is 9.55 Å². The Bertz CT molecular complexity index is 506. The Hall–Kier alpha value is -1.76. The molecule has 0 bridgehead atoms.